The number of nitrogens with one attached hydrogen (secondary N) is 2. The number of benzene rings is 1. The van der Waals surface area contributed by atoms with Crippen LogP contribution >= 0.6 is 0 Å². The van der Waals surface area contributed by atoms with E-state index in [1.807, 2.05) is 30.3 Å². The first kappa shape index (κ1) is 29.4. The van der Waals surface area contributed by atoms with E-state index in [-0.39, 0.29) is 31.5 Å². The highest BCUT2D eigenvalue weighted by molar-refractivity contribution is 5.85. The number of ether oxygens (including phenoxy) is 1. The van der Waals surface area contributed by atoms with Gasteiger partial charge in [0.15, 0.2) is 0 Å². The van der Waals surface area contributed by atoms with E-state index >= 15 is 0 Å². The maximum atomic E-state index is 13.7. The van der Waals surface area contributed by atoms with Gasteiger partial charge in [0.2, 0.25) is 0 Å². The maximum absolute atomic E-state index is 13.7. The van der Waals surface area contributed by atoms with E-state index < -0.39 is 34.5 Å². The highest BCUT2D eigenvalue weighted by atomic mass is 16.5. The molecule has 0 aromatic heterocycles. The summed E-state index contributed by atoms with van der Waals surface area (Å²) in [6.07, 6.45) is 2.33. The van der Waals surface area contributed by atoms with Gasteiger partial charge in [-0.1, -0.05) is 30.3 Å². The molecule has 10 nitrogen and oxygen atoms in total. The van der Waals surface area contributed by atoms with Crippen molar-refractivity contribution in [2.24, 2.45) is 0 Å². The molecule has 1 heterocycles. The molecule has 4 N–H and O–H groups in total. The smallest absolute Gasteiger partial charge is 0.480 e. The number of hydrogen-bond donors (Lipinski definition) is 4. The van der Waals surface area contributed by atoms with Crippen LogP contribution in [-0.4, -0.2) is 83.0 Å². The zero-order valence-electron chi connectivity index (χ0n) is 21.3. The van der Waals surface area contributed by atoms with Gasteiger partial charge in [-0.05, 0) is 58.1 Å². The van der Waals surface area contributed by atoms with Crippen LogP contribution in [0.2, 0.25) is 0 Å². The number of carbonyl (C=O) groups excluding carboxylic acids is 2. The van der Waals surface area contributed by atoms with Gasteiger partial charge in [-0.15, -0.1) is 0 Å². The van der Waals surface area contributed by atoms with E-state index in [1.54, 1.807) is 13.8 Å². The first-order valence-corrected chi connectivity index (χ1v) is 12.8. The molecule has 0 aliphatic carbocycles. The lowest BCUT2D eigenvalue weighted by atomic mass is 10.0. The number of carbonyl (C=O) groups is 4. The van der Waals surface area contributed by atoms with Crippen LogP contribution in [-0.2, 0) is 25.5 Å². The van der Waals surface area contributed by atoms with Gasteiger partial charge in [0.25, 0.3) is 0 Å². The number of rotatable bonds is 15. The molecular weight excluding hydrogens is 466 g/mol. The zero-order chi connectivity index (χ0) is 26.6. The number of aliphatic carboxylic acids is 1. The number of imide groups is 1. The normalized spacial score (nSPS) is 21.0. The average molecular weight is 507 g/mol. The Morgan fingerprint density at radius 2 is 1.81 bits per heavy atom. The zero-order valence-corrected chi connectivity index (χ0v) is 21.3. The van der Waals surface area contributed by atoms with Crippen molar-refractivity contribution in [1.82, 2.24) is 10.6 Å². The minimum Gasteiger partial charge on any atom is -0.480 e. The fourth-order valence-electron chi connectivity index (χ4n) is 4.82. The van der Waals surface area contributed by atoms with E-state index in [1.165, 1.54) is 0 Å². The molecule has 2 rings (SSSR count). The largest absolute Gasteiger partial charge is 0.521 e. The Hall–Kier alpha value is -2.82. The summed E-state index contributed by atoms with van der Waals surface area (Å²) in [4.78, 5) is 49.5. The van der Waals surface area contributed by atoms with Crippen LogP contribution in [0.5, 0.6) is 0 Å². The van der Waals surface area contributed by atoms with Gasteiger partial charge in [-0.25, -0.2) is 4.79 Å². The molecular formula is C26H40N3O7+. The summed E-state index contributed by atoms with van der Waals surface area (Å²) in [5.41, 5.74) is 0.989. The third kappa shape index (κ3) is 8.11. The molecule has 1 unspecified atom stereocenters. The summed E-state index contributed by atoms with van der Waals surface area (Å²) >= 11 is 0. The number of unbranched alkanes of at least 4 members (excludes halogenated alkanes) is 1. The number of likely N-dealkylation sites (tertiary alicyclic amines) is 1. The third-order valence-electron chi connectivity index (χ3n) is 6.85. The fraction of sp³-hybridized carbons (Fsp3) is 0.615. The van der Waals surface area contributed by atoms with Gasteiger partial charge >= 0.3 is 23.9 Å². The summed E-state index contributed by atoms with van der Waals surface area (Å²) < 4.78 is 4.19. The molecule has 1 aromatic carbocycles. The van der Waals surface area contributed by atoms with Crippen molar-refractivity contribution in [2.45, 2.75) is 76.9 Å². The van der Waals surface area contributed by atoms with Crippen molar-refractivity contribution in [1.29, 1.82) is 0 Å². The van der Waals surface area contributed by atoms with Crippen LogP contribution in [0, 0.1) is 0 Å². The van der Waals surface area contributed by atoms with Crippen molar-refractivity contribution in [2.75, 3.05) is 26.2 Å². The van der Waals surface area contributed by atoms with Gasteiger partial charge < -0.3 is 20.3 Å². The lowest BCUT2D eigenvalue weighted by Gasteiger charge is -2.34. The summed E-state index contributed by atoms with van der Waals surface area (Å²) in [7, 11) is 0. The molecule has 10 heteroatoms. The highest BCUT2D eigenvalue weighted by Gasteiger charge is 2.55. The molecule has 0 bridgehead atoms. The van der Waals surface area contributed by atoms with Crippen LogP contribution in [0.25, 0.3) is 0 Å². The Balaban J connectivity index is 2.08. The summed E-state index contributed by atoms with van der Waals surface area (Å²) in [5, 5.41) is 25.9. The molecule has 0 spiro atoms. The van der Waals surface area contributed by atoms with E-state index in [0.29, 0.717) is 51.7 Å². The van der Waals surface area contributed by atoms with Crippen molar-refractivity contribution in [3.8, 4) is 0 Å². The lowest BCUT2D eigenvalue weighted by molar-refractivity contribution is -0.793. The Morgan fingerprint density at radius 3 is 2.39 bits per heavy atom. The SMILES string of the molecule is CCOC(=O)CNCCCC[C@H](N[C@@H](CCc1ccccc1)C(=O)O)C(=O)[N+]1(C(=O)O)CCC[C@H]1C. The second-order valence-electron chi connectivity index (χ2n) is 9.32. The number of nitrogens with zero attached hydrogens (tertiary/aromatic N) is 1. The third-order valence-corrected chi connectivity index (χ3v) is 6.85. The van der Waals surface area contributed by atoms with Crippen molar-refractivity contribution in [3.05, 3.63) is 35.9 Å². The second-order valence-corrected chi connectivity index (χ2v) is 9.32. The van der Waals surface area contributed by atoms with Crippen LogP contribution in [0.3, 0.4) is 0 Å². The van der Waals surface area contributed by atoms with Crippen LogP contribution in [0.1, 0.15) is 57.9 Å². The molecule has 0 saturated carbocycles. The fourth-order valence-corrected chi connectivity index (χ4v) is 4.82. The van der Waals surface area contributed by atoms with Gasteiger partial charge in [-0.2, -0.15) is 9.28 Å². The van der Waals surface area contributed by atoms with E-state index in [4.69, 9.17) is 4.74 Å². The minimum atomic E-state index is -1.19. The predicted molar refractivity (Wildman–Crippen MR) is 133 cm³/mol. The molecule has 1 fully saturated rings. The van der Waals surface area contributed by atoms with Crippen LogP contribution in [0.15, 0.2) is 30.3 Å². The Kier molecular flexibility index (Phi) is 12.0. The number of aryl methyl sites for hydroxylation is 1. The molecule has 1 saturated heterocycles. The number of carboxylic acid groups (broad SMARTS) is 2. The molecule has 1 aromatic rings. The molecule has 1 aliphatic rings. The standard InChI is InChI=1S/C26H39N3O7/c1-3-36-23(30)18-27-16-8-7-13-21(24(31)29(26(34)35)17-9-10-19(29)2)28-22(25(32)33)15-14-20-11-5-4-6-12-20/h4-6,11-12,19,21-22,27-28H,3,7-10,13-18H2,1-2H3,(H-,32,33,34,35)/p+1/t19-,21+,22+,29?/m1/s1. The Bertz CT molecular complexity index is 880. The highest BCUT2D eigenvalue weighted by Crippen LogP contribution is 2.30. The van der Waals surface area contributed by atoms with Crippen molar-refractivity contribution >= 4 is 23.9 Å². The Morgan fingerprint density at radius 1 is 1.08 bits per heavy atom. The Labute approximate surface area is 212 Å². The number of esters is 1. The van der Waals surface area contributed by atoms with E-state index in [0.717, 1.165) is 5.56 Å². The second kappa shape index (κ2) is 14.7. The maximum Gasteiger partial charge on any atom is 0.521 e. The van der Waals surface area contributed by atoms with Crippen LogP contribution in [0.4, 0.5) is 4.79 Å². The van der Waals surface area contributed by atoms with E-state index in [2.05, 4.69) is 10.6 Å². The predicted octanol–water partition coefficient (Wildman–Crippen LogP) is 2.56. The lowest BCUT2D eigenvalue weighted by Crippen LogP contribution is -2.65. The molecule has 2 amide bonds. The molecule has 36 heavy (non-hydrogen) atoms. The topological polar surface area (TPSA) is 142 Å². The number of quaternary nitrogens is 1. The average Bonchev–Trinajstić information content (AvgIpc) is 3.25. The van der Waals surface area contributed by atoms with Gasteiger partial charge in [0.05, 0.1) is 19.7 Å². The minimum absolute atomic E-state index is 0.0888. The summed E-state index contributed by atoms with van der Waals surface area (Å²) in [6, 6.07) is 7.21. The molecule has 1 aliphatic heterocycles. The summed E-state index contributed by atoms with van der Waals surface area (Å²) in [6.45, 7) is 4.62. The first-order valence-electron chi connectivity index (χ1n) is 12.8. The number of carboxylic acids is 1. The monoisotopic (exact) mass is 506 g/mol. The van der Waals surface area contributed by atoms with Crippen LogP contribution < -0.4 is 10.6 Å². The van der Waals surface area contributed by atoms with Crippen molar-refractivity contribution in [3.63, 3.8) is 0 Å². The summed E-state index contributed by atoms with van der Waals surface area (Å²) in [5.74, 6) is -1.90. The van der Waals surface area contributed by atoms with Gasteiger partial charge in [0, 0.05) is 12.8 Å². The van der Waals surface area contributed by atoms with Gasteiger partial charge in [0.1, 0.15) is 18.1 Å². The number of amides is 2. The van der Waals surface area contributed by atoms with Gasteiger partial charge in [-0.3, -0.25) is 14.9 Å². The van der Waals surface area contributed by atoms with Crippen molar-refractivity contribution < 1.29 is 38.6 Å². The quantitative estimate of drug-likeness (QED) is 0.160. The van der Waals surface area contributed by atoms with E-state index in [9.17, 15) is 29.4 Å². The molecule has 0 radical (unpaired) electrons. The molecule has 4 atom stereocenters. The molecule has 200 valence electrons. The first-order chi connectivity index (χ1) is 17.2. The number of hydrogen-bond acceptors (Lipinski definition) is 7.